The summed E-state index contributed by atoms with van der Waals surface area (Å²) in [6.45, 7) is 2.99. The molecule has 0 aliphatic heterocycles. The van der Waals surface area contributed by atoms with Crippen molar-refractivity contribution in [1.82, 2.24) is 5.09 Å². The van der Waals surface area contributed by atoms with Crippen LogP contribution >= 0.6 is 8.96 Å². The standard InChI is InChI=1S/C4H11NOP/c1-2-3-4-5-7-6/h5,7H,2-4H2,1H3/q-1. The molecule has 0 fully saturated rings. The molecule has 1 atom stereocenters. The van der Waals surface area contributed by atoms with Crippen LogP contribution in [0, 0.1) is 0 Å². The molecule has 7 heavy (non-hydrogen) atoms. The molecule has 0 aliphatic rings. The summed E-state index contributed by atoms with van der Waals surface area (Å²) in [7, 11) is -0.332. The first-order valence-corrected chi connectivity index (χ1v) is 3.42. The molecule has 0 heterocycles. The van der Waals surface area contributed by atoms with Crippen molar-refractivity contribution in [3.05, 3.63) is 0 Å². The fourth-order valence-electron chi connectivity index (χ4n) is 0.316. The van der Waals surface area contributed by atoms with Gasteiger partial charge in [-0.3, -0.25) is 0 Å². The number of hydrogen-bond donors (Lipinski definition) is 1. The summed E-state index contributed by atoms with van der Waals surface area (Å²) in [4.78, 5) is 9.72. The molecule has 44 valence electrons. The Morgan fingerprint density at radius 1 is 1.71 bits per heavy atom. The Morgan fingerprint density at radius 2 is 2.43 bits per heavy atom. The van der Waals surface area contributed by atoms with Crippen LogP contribution in [0.15, 0.2) is 0 Å². The summed E-state index contributed by atoms with van der Waals surface area (Å²) in [5.41, 5.74) is 0. The highest BCUT2D eigenvalue weighted by atomic mass is 31.1. The van der Waals surface area contributed by atoms with Crippen molar-refractivity contribution in [3.63, 3.8) is 0 Å². The summed E-state index contributed by atoms with van der Waals surface area (Å²) in [6.07, 6.45) is 2.28. The lowest BCUT2D eigenvalue weighted by Gasteiger charge is -2.04. The number of rotatable bonds is 4. The summed E-state index contributed by atoms with van der Waals surface area (Å²) >= 11 is 0. The lowest BCUT2D eigenvalue weighted by molar-refractivity contribution is -0.153. The minimum atomic E-state index is -0.332. The fraction of sp³-hybridized carbons (Fsp3) is 1.00. The van der Waals surface area contributed by atoms with Gasteiger partial charge < -0.3 is 9.98 Å². The SMILES string of the molecule is CCCCNP[O-]. The minimum Gasteiger partial charge on any atom is -0.820 e. The molecule has 0 amide bonds. The van der Waals surface area contributed by atoms with Gasteiger partial charge >= 0.3 is 0 Å². The van der Waals surface area contributed by atoms with E-state index < -0.39 is 0 Å². The van der Waals surface area contributed by atoms with E-state index in [-0.39, 0.29) is 8.96 Å². The van der Waals surface area contributed by atoms with Crippen LogP contribution in [0.5, 0.6) is 0 Å². The lowest BCUT2D eigenvalue weighted by Crippen LogP contribution is -2.07. The van der Waals surface area contributed by atoms with Gasteiger partial charge in [0.1, 0.15) is 0 Å². The van der Waals surface area contributed by atoms with Gasteiger partial charge in [-0.05, 0) is 13.0 Å². The summed E-state index contributed by atoms with van der Waals surface area (Å²) in [6, 6.07) is 0. The summed E-state index contributed by atoms with van der Waals surface area (Å²) < 4.78 is 0. The van der Waals surface area contributed by atoms with Crippen molar-refractivity contribution in [1.29, 1.82) is 0 Å². The van der Waals surface area contributed by atoms with Gasteiger partial charge in [-0.1, -0.05) is 13.3 Å². The van der Waals surface area contributed by atoms with Crippen molar-refractivity contribution < 1.29 is 4.89 Å². The van der Waals surface area contributed by atoms with Gasteiger partial charge in [0.2, 0.25) is 0 Å². The normalized spacial score (nSPS) is 11.1. The Morgan fingerprint density at radius 3 is 2.86 bits per heavy atom. The molecule has 0 aromatic rings. The molecule has 0 saturated carbocycles. The number of nitrogens with one attached hydrogen (secondary N) is 1. The average Bonchev–Trinajstić information content (AvgIpc) is 1.69. The van der Waals surface area contributed by atoms with Crippen molar-refractivity contribution in [2.45, 2.75) is 19.8 Å². The highest BCUT2D eigenvalue weighted by Gasteiger charge is 1.74. The van der Waals surface area contributed by atoms with E-state index in [1.807, 2.05) is 0 Å². The number of unbranched alkanes of at least 4 members (excludes halogenated alkanes) is 1. The second-order valence-electron chi connectivity index (χ2n) is 1.38. The third kappa shape index (κ3) is 6.35. The van der Waals surface area contributed by atoms with Crippen molar-refractivity contribution >= 4 is 8.96 Å². The quantitative estimate of drug-likeness (QED) is 0.426. The maximum Gasteiger partial charge on any atom is -0.00247 e. The Balaban J connectivity index is 2.45. The van der Waals surface area contributed by atoms with Crippen LogP contribution in [-0.4, -0.2) is 6.54 Å². The van der Waals surface area contributed by atoms with E-state index in [9.17, 15) is 4.89 Å². The molecule has 0 bridgehead atoms. The Kier molecular flexibility index (Phi) is 6.67. The Bertz CT molecular complexity index is 30.9. The maximum atomic E-state index is 9.72. The van der Waals surface area contributed by atoms with Gasteiger partial charge in [0.15, 0.2) is 0 Å². The third-order valence-electron chi connectivity index (χ3n) is 0.727. The van der Waals surface area contributed by atoms with E-state index >= 15 is 0 Å². The van der Waals surface area contributed by atoms with Gasteiger partial charge in [0, 0.05) is 0 Å². The van der Waals surface area contributed by atoms with E-state index in [2.05, 4.69) is 12.0 Å². The van der Waals surface area contributed by atoms with E-state index in [1.54, 1.807) is 0 Å². The van der Waals surface area contributed by atoms with Crippen LogP contribution in [-0.2, 0) is 0 Å². The monoisotopic (exact) mass is 120 g/mol. The van der Waals surface area contributed by atoms with Crippen LogP contribution in [0.1, 0.15) is 19.8 Å². The Labute approximate surface area is 46.2 Å². The molecule has 1 unspecified atom stereocenters. The zero-order chi connectivity index (χ0) is 5.54. The average molecular weight is 120 g/mol. The molecule has 0 aliphatic carbocycles. The Hall–Kier alpha value is 0.350. The third-order valence-corrected chi connectivity index (χ3v) is 1.12. The lowest BCUT2D eigenvalue weighted by atomic mass is 10.3. The summed E-state index contributed by atoms with van der Waals surface area (Å²) in [5.74, 6) is 0. The van der Waals surface area contributed by atoms with E-state index in [0.717, 1.165) is 19.4 Å². The molecule has 0 radical (unpaired) electrons. The van der Waals surface area contributed by atoms with Gasteiger partial charge in [-0.15, -0.1) is 0 Å². The van der Waals surface area contributed by atoms with Crippen molar-refractivity contribution in [3.8, 4) is 0 Å². The number of hydrogen-bond acceptors (Lipinski definition) is 2. The molecule has 2 nitrogen and oxygen atoms in total. The van der Waals surface area contributed by atoms with Crippen LogP contribution in [0.25, 0.3) is 0 Å². The molecule has 0 saturated heterocycles. The van der Waals surface area contributed by atoms with E-state index in [1.165, 1.54) is 0 Å². The fourth-order valence-corrected chi connectivity index (χ4v) is 0.595. The van der Waals surface area contributed by atoms with Crippen LogP contribution in [0.2, 0.25) is 0 Å². The smallest absolute Gasteiger partial charge is 0.00247 e. The molecular formula is C4H11NOP-. The molecule has 0 spiro atoms. The molecule has 0 aromatic heterocycles. The predicted molar refractivity (Wildman–Crippen MR) is 31.2 cm³/mol. The molecule has 1 N–H and O–H groups in total. The van der Waals surface area contributed by atoms with Gasteiger partial charge in [-0.25, -0.2) is 0 Å². The second-order valence-corrected chi connectivity index (χ2v) is 1.94. The van der Waals surface area contributed by atoms with Crippen molar-refractivity contribution in [2.24, 2.45) is 0 Å². The van der Waals surface area contributed by atoms with Crippen LogP contribution in [0.3, 0.4) is 0 Å². The van der Waals surface area contributed by atoms with E-state index in [0.29, 0.717) is 0 Å². The van der Waals surface area contributed by atoms with Gasteiger partial charge in [0.05, 0.1) is 0 Å². The maximum absolute atomic E-state index is 9.72. The highest BCUT2D eigenvalue weighted by Crippen LogP contribution is 1.87. The second kappa shape index (κ2) is 6.35. The first-order chi connectivity index (χ1) is 3.41. The molecule has 0 aromatic carbocycles. The van der Waals surface area contributed by atoms with Gasteiger partial charge in [-0.2, -0.15) is 8.96 Å². The summed E-state index contributed by atoms with van der Waals surface area (Å²) in [5, 5.41) is 2.72. The highest BCUT2D eigenvalue weighted by molar-refractivity contribution is 7.26. The first-order valence-electron chi connectivity index (χ1n) is 2.51. The molecule has 3 heteroatoms. The van der Waals surface area contributed by atoms with Crippen LogP contribution < -0.4 is 9.98 Å². The molecular weight excluding hydrogens is 109 g/mol. The first kappa shape index (κ1) is 7.35. The van der Waals surface area contributed by atoms with Crippen molar-refractivity contribution in [2.75, 3.05) is 6.54 Å². The zero-order valence-corrected chi connectivity index (χ0v) is 5.53. The topological polar surface area (TPSA) is 35.1 Å². The zero-order valence-electron chi connectivity index (χ0n) is 4.53. The van der Waals surface area contributed by atoms with Gasteiger partial charge in [0.25, 0.3) is 0 Å². The predicted octanol–water partition coefficient (Wildman–Crippen LogP) is 0.245. The van der Waals surface area contributed by atoms with E-state index in [4.69, 9.17) is 0 Å². The van der Waals surface area contributed by atoms with Crippen LogP contribution in [0.4, 0.5) is 0 Å². The molecule has 0 rings (SSSR count). The largest absolute Gasteiger partial charge is 0.820 e. The minimum absolute atomic E-state index is 0.332.